The summed E-state index contributed by atoms with van der Waals surface area (Å²) in [5, 5.41) is 1.27. The lowest BCUT2D eigenvalue weighted by molar-refractivity contribution is -0.133. The van der Waals surface area contributed by atoms with Crippen LogP contribution in [0.2, 0.25) is 5.02 Å². The largest absolute Gasteiger partial charge is 0.465 e. The first-order valence-electron chi connectivity index (χ1n) is 8.78. The highest BCUT2D eigenvalue weighted by Crippen LogP contribution is 2.34. The van der Waals surface area contributed by atoms with Gasteiger partial charge >= 0.3 is 5.97 Å². The molecular formula is C19H22ClNO6S. The third-order valence-electron chi connectivity index (χ3n) is 4.65. The molecule has 1 fully saturated rings. The zero-order valence-corrected chi connectivity index (χ0v) is 17.4. The number of methoxy groups -OCH3 is 1. The van der Waals surface area contributed by atoms with E-state index in [4.69, 9.17) is 16.3 Å². The summed E-state index contributed by atoms with van der Waals surface area (Å²) in [6, 6.07) is 2.58. The molecule has 0 saturated heterocycles. The molecule has 0 spiro atoms. The average Bonchev–Trinajstić information content (AvgIpc) is 2.68. The van der Waals surface area contributed by atoms with E-state index in [1.807, 2.05) is 0 Å². The summed E-state index contributed by atoms with van der Waals surface area (Å²) in [4.78, 5) is 49.3. The topological polar surface area (TPSA) is 107 Å². The highest BCUT2D eigenvalue weighted by molar-refractivity contribution is 8.02. The predicted molar refractivity (Wildman–Crippen MR) is 109 cm³/mol. The molecule has 9 heteroatoms. The standard InChI is InChI=1S/C19H22ClNO6S/c1-4-28(26,5-2)21-17-12(19(25)27-3)10-9-11(16(17)20)18(24)15-13(22)7-6-8-14(15)23/h4,9-10,15H,5-8H2,1-3H3,(H,21,26). The molecule has 1 aromatic carbocycles. The summed E-state index contributed by atoms with van der Waals surface area (Å²) < 4.78 is 20.3. The summed E-state index contributed by atoms with van der Waals surface area (Å²) >= 11 is 6.39. The van der Waals surface area contributed by atoms with Crippen LogP contribution in [0.4, 0.5) is 5.69 Å². The van der Waals surface area contributed by atoms with Crippen molar-refractivity contribution < 1.29 is 28.1 Å². The van der Waals surface area contributed by atoms with Gasteiger partial charge in [-0.1, -0.05) is 18.5 Å². The van der Waals surface area contributed by atoms with E-state index in [0.29, 0.717) is 6.42 Å². The number of rotatable bonds is 6. The van der Waals surface area contributed by atoms with Gasteiger partial charge in [0.05, 0.1) is 23.4 Å². The SMILES string of the molecule is CC=S(=O)(CC)Nc1c(C(=O)OC)ccc(C(=O)C2C(=O)CCCC2=O)c1Cl. The molecule has 152 valence electrons. The number of esters is 1. The molecule has 2 rings (SSSR count). The molecule has 0 aliphatic heterocycles. The number of carbonyl (C=O) groups excluding carboxylic acids is 4. The van der Waals surface area contributed by atoms with Crippen LogP contribution in [0.15, 0.2) is 12.1 Å². The Bertz CT molecular complexity index is 945. The number of anilines is 1. The number of carbonyl (C=O) groups is 4. The number of Topliss-reactive ketones (excluding diaryl/α,β-unsaturated/α-hetero) is 3. The van der Waals surface area contributed by atoms with Gasteiger partial charge in [0.1, 0.15) is 5.92 Å². The van der Waals surface area contributed by atoms with E-state index in [9.17, 15) is 23.4 Å². The second kappa shape index (κ2) is 8.87. The van der Waals surface area contributed by atoms with Gasteiger partial charge < -0.3 is 9.46 Å². The van der Waals surface area contributed by atoms with Gasteiger partial charge in [0.25, 0.3) is 0 Å². The van der Waals surface area contributed by atoms with Crippen LogP contribution >= 0.6 is 11.6 Å². The van der Waals surface area contributed by atoms with Crippen molar-refractivity contribution in [3.05, 3.63) is 28.3 Å². The minimum Gasteiger partial charge on any atom is -0.465 e. The van der Waals surface area contributed by atoms with E-state index in [0.717, 1.165) is 0 Å². The molecule has 0 radical (unpaired) electrons. The molecular weight excluding hydrogens is 406 g/mol. The van der Waals surface area contributed by atoms with Gasteiger partial charge in [-0.3, -0.25) is 14.4 Å². The molecule has 1 atom stereocenters. The first kappa shape index (κ1) is 22.1. The summed E-state index contributed by atoms with van der Waals surface area (Å²) in [5.74, 6) is -3.51. The van der Waals surface area contributed by atoms with Crippen LogP contribution in [0, 0.1) is 5.92 Å². The zero-order chi connectivity index (χ0) is 21.1. The fourth-order valence-electron chi connectivity index (χ4n) is 2.97. The maximum atomic E-state index is 12.9. The van der Waals surface area contributed by atoms with E-state index in [2.05, 4.69) is 4.72 Å². The lowest BCUT2D eigenvalue weighted by Crippen LogP contribution is -2.35. The number of hydrogen-bond donors (Lipinski definition) is 1. The lowest BCUT2D eigenvalue weighted by Gasteiger charge is -2.21. The number of benzene rings is 1. The number of halogens is 1. The first-order valence-corrected chi connectivity index (χ1v) is 10.9. The third-order valence-corrected chi connectivity index (χ3v) is 7.21. The van der Waals surface area contributed by atoms with Gasteiger partial charge in [0.15, 0.2) is 17.3 Å². The Morgan fingerprint density at radius 3 is 2.32 bits per heavy atom. The molecule has 1 aliphatic carbocycles. The minimum atomic E-state index is -2.71. The quantitative estimate of drug-likeness (QED) is 0.324. The number of hydrogen-bond acceptors (Lipinski definition) is 6. The molecule has 0 amide bonds. The first-order chi connectivity index (χ1) is 13.2. The fourth-order valence-corrected chi connectivity index (χ4v) is 4.48. The van der Waals surface area contributed by atoms with Crippen molar-refractivity contribution in [2.45, 2.75) is 33.1 Å². The monoisotopic (exact) mass is 427 g/mol. The smallest absolute Gasteiger partial charge is 0.340 e. The predicted octanol–water partition coefficient (Wildman–Crippen LogP) is 2.70. The van der Waals surface area contributed by atoms with Gasteiger partial charge in [-0.2, -0.15) is 0 Å². The Kier molecular flexibility index (Phi) is 7.01. The van der Waals surface area contributed by atoms with Crippen molar-refractivity contribution >= 4 is 55.7 Å². The van der Waals surface area contributed by atoms with Crippen LogP contribution in [0.1, 0.15) is 53.8 Å². The fraction of sp³-hybridized carbons (Fsp3) is 0.421. The third kappa shape index (κ3) is 4.28. The lowest BCUT2D eigenvalue weighted by atomic mass is 9.81. The molecule has 1 unspecified atom stereocenters. The second-order valence-corrected chi connectivity index (χ2v) is 9.36. The van der Waals surface area contributed by atoms with Gasteiger partial charge in [-0.25, -0.2) is 9.00 Å². The van der Waals surface area contributed by atoms with E-state index in [-0.39, 0.29) is 40.4 Å². The summed E-state index contributed by atoms with van der Waals surface area (Å²) in [6.07, 6.45) is 0.729. The number of ketones is 3. The minimum absolute atomic E-state index is 0.00614. The second-order valence-electron chi connectivity index (χ2n) is 6.28. The van der Waals surface area contributed by atoms with Gasteiger partial charge in [0, 0.05) is 33.9 Å². The van der Waals surface area contributed by atoms with Crippen molar-refractivity contribution in [2.24, 2.45) is 5.92 Å². The van der Waals surface area contributed by atoms with Gasteiger partial charge in [-0.05, 0) is 30.8 Å². The van der Waals surface area contributed by atoms with Crippen LogP contribution in [0.5, 0.6) is 0 Å². The molecule has 28 heavy (non-hydrogen) atoms. The van der Waals surface area contributed by atoms with E-state index < -0.39 is 38.9 Å². The van der Waals surface area contributed by atoms with E-state index in [1.54, 1.807) is 13.8 Å². The highest BCUT2D eigenvalue weighted by Gasteiger charge is 2.38. The number of nitrogens with one attached hydrogen (secondary N) is 1. The maximum absolute atomic E-state index is 12.9. The number of ether oxygens (including phenoxy) is 1. The Labute approximate surface area is 168 Å². The molecule has 0 heterocycles. The van der Waals surface area contributed by atoms with E-state index >= 15 is 0 Å². The summed E-state index contributed by atoms with van der Waals surface area (Å²) in [7, 11) is -1.52. The highest BCUT2D eigenvalue weighted by atomic mass is 35.5. The van der Waals surface area contributed by atoms with Crippen LogP contribution in [0.25, 0.3) is 0 Å². The molecule has 1 aromatic rings. The van der Waals surface area contributed by atoms with Crippen molar-refractivity contribution in [3.8, 4) is 0 Å². The molecule has 1 N–H and O–H groups in total. The Morgan fingerprint density at radius 2 is 1.82 bits per heavy atom. The van der Waals surface area contributed by atoms with Crippen molar-refractivity contribution in [2.75, 3.05) is 17.6 Å². The van der Waals surface area contributed by atoms with Gasteiger partial charge in [0.2, 0.25) is 0 Å². The molecule has 7 nitrogen and oxygen atoms in total. The Balaban J connectivity index is 2.62. The Morgan fingerprint density at radius 1 is 1.25 bits per heavy atom. The molecule has 1 aliphatic rings. The summed E-state index contributed by atoms with van der Waals surface area (Å²) in [6.45, 7) is 3.29. The van der Waals surface area contributed by atoms with Crippen molar-refractivity contribution in [1.29, 1.82) is 0 Å². The maximum Gasteiger partial charge on any atom is 0.340 e. The summed E-state index contributed by atoms with van der Waals surface area (Å²) in [5.41, 5.74) is -0.118. The van der Waals surface area contributed by atoms with Crippen molar-refractivity contribution in [3.63, 3.8) is 0 Å². The van der Waals surface area contributed by atoms with Crippen LogP contribution in [-0.4, -0.2) is 45.8 Å². The van der Waals surface area contributed by atoms with Gasteiger partial charge in [-0.15, -0.1) is 0 Å². The Hall–Kier alpha value is -2.19. The van der Waals surface area contributed by atoms with Crippen LogP contribution in [-0.2, 0) is 24.0 Å². The van der Waals surface area contributed by atoms with Crippen molar-refractivity contribution in [1.82, 2.24) is 0 Å². The van der Waals surface area contributed by atoms with Crippen LogP contribution < -0.4 is 4.72 Å². The average molecular weight is 428 g/mol. The zero-order valence-electron chi connectivity index (χ0n) is 15.9. The molecule has 0 aromatic heterocycles. The molecule has 1 saturated carbocycles. The van der Waals surface area contributed by atoms with E-state index in [1.165, 1.54) is 24.6 Å². The molecule has 0 bridgehead atoms. The van der Waals surface area contributed by atoms with Crippen LogP contribution in [0.3, 0.4) is 0 Å². The normalized spacial score (nSPS) is 17.0.